The normalized spacial score (nSPS) is 18.4. The minimum absolute atomic E-state index is 0.238. The van der Waals surface area contributed by atoms with Gasteiger partial charge in [-0.1, -0.05) is 0 Å². The molecule has 0 saturated carbocycles. The third kappa shape index (κ3) is 3.98. The average molecular weight is 435 g/mol. The van der Waals surface area contributed by atoms with E-state index in [0.29, 0.717) is 0 Å². The maximum Gasteiger partial charge on any atom is 0.138 e. The van der Waals surface area contributed by atoms with Gasteiger partial charge in [0.2, 0.25) is 0 Å². The molecule has 0 radical (unpaired) electrons. The Morgan fingerprint density at radius 3 is 2.31 bits per heavy atom. The minimum Gasteiger partial charge on any atom is -0.369 e. The van der Waals surface area contributed by atoms with Crippen LogP contribution in [0.2, 0.25) is 0 Å². The van der Waals surface area contributed by atoms with Gasteiger partial charge >= 0.3 is 0 Å². The summed E-state index contributed by atoms with van der Waals surface area (Å²) in [7, 11) is 2.17. The molecule has 1 aromatic heterocycles. The topological polar surface area (TPSA) is 48.4 Å². The van der Waals surface area contributed by atoms with Crippen LogP contribution >= 0.6 is 0 Å². The average Bonchev–Trinajstić information content (AvgIpc) is 3.15. The highest BCUT2D eigenvalue weighted by Crippen LogP contribution is 2.36. The molecular weight excluding hydrogens is 403 g/mol. The number of hydrogen-bond donors (Lipinski definition) is 2. The Labute approximate surface area is 189 Å². The summed E-state index contributed by atoms with van der Waals surface area (Å²) in [6.07, 6.45) is 0. The summed E-state index contributed by atoms with van der Waals surface area (Å²) in [5, 5.41) is 7.17. The number of aromatic nitrogens is 2. The molecule has 32 heavy (non-hydrogen) atoms. The number of benzene rings is 2. The second-order valence-electron chi connectivity index (χ2n) is 9.31. The zero-order valence-electron chi connectivity index (χ0n) is 19.0. The standard InChI is InChI=1S/C25H31FN6/c1-25(2)24-29-22(18-4-6-19(26)7-5-18)23(32(24)13-12-27-25)28-20-8-10-21(11-9-20)31-16-14-30(3)15-17-31/h4-11,27-28H,12-17H2,1-3H3. The lowest BCUT2D eigenvalue weighted by Crippen LogP contribution is -2.45. The van der Waals surface area contributed by atoms with Crippen molar-refractivity contribution in [2.24, 2.45) is 0 Å². The van der Waals surface area contributed by atoms with Crippen LogP contribution < -0.4 is 15.5 Å². The van der Waals surface area contributed by atoms with E-state index in [0.717, 1.165) is 67.9 Å². The number of fused-ring (bicyclic) bond motifs is 1. The van der Waals surface area contributed by atoms with Crippen LogP contribution in [-0.2, 0) is 12.1 Å². The number of halogens is 1. The van der Waals surface area contributed by atoms with Gasteiger partial charge in [-0.2, -0.15) is 0 Å². The summed E-state index contributed by atoms with van der Waals surface area (Å²) < 4.78 is 15.8. The summed E-state index contributed by atoms with van der Waals surface area (Å²) in [5.41, 5.74) is 3.78. The van der Waals surface area contributed by atoms with Crippen molar-refractivity contribution < 1.29 is 4.39 Å². The predicted octanol–water partition coefficient (Wildman–Crippen LogP) is 4.02. The Morgan fingerprint density at radius 1 is 0.938 bits per heavy atom. The van der Waals surface area contributed by atoms with Crippen molar-refractivity contribution in [3.63, 3.8) is 0 Å². The van der Waals surface area contributed by atoms with Crippen molar-refractivity contribution >= 4 is 17.2 Å². The van der Waals surface area contributed by atoms with Crippen LogP contribution in [0, 0.1) is 5.82 Å². The Balaban J connectivity index is 1.47. The van der Waals surface area contributed by atoms with E-state index < -0.39 is 0 Å². The maximum absolute atomic E-state index is 13.6. The van der Waals surface area contributed by atoms with E-state index in [1.54, 1.807) is 12.1 Å². The van der Waals surface area contributed by atoms with Crippen LogP contribution in [0.15, 0.2) is 48.5 Å². The Bertz CT molecular complexity index is 1080. The first-order valence-corrected chi connectivity index (χ1v) is 11.3. The number of rotatable bonds is 4. The van der Waals surface area contributed by atoms with E-state index in [1.165, 1.54) is 17.8 Å². The van der Waals surface area contributed by atoms with E-state index >= 15 is 0 Å². The van der Waals surface area contributed by atoms with E-state index in [-0.39, 0.29) is 11.4 Å². The molecule has 0 unspecified atom stereocenters. The molecule has 3 heterocycles. The van der Waals surface area contributed by atoms with Gasteiger partial charge in [-0.15, -0.1) is 0 Å². The van der Waals surface area contributed by atoms with Crippen LogP contribution in [-0.4, -0.2) is 54.2 Å². The highest BCUT2D eigenvalue weighted by molar-refractivity contribution is 5.77. The fourth-order valence-corrected chi connectivity index (χ4v) is 4.60. The first-order valence-electron chi connectivity index (χ1n) is 11.3. The van der Waals surface area contributed by atoms with Crippen molar-refractivity contribution in [3.05, 3.63) is 60.2 Å². The number of nitrogens with one attached hydrogen (secondary N) is 2. The second-order valence-corrected chi connectivity index (χ2v) is 9.31. The number of anilines is 3. The third-order valence-corrected chi connectivity index (χ3v) is 6.55. The van der Waals surface area contributed by atoms with Crippen LogP contribution in [0.25, 0.3) is 11.3 Å². The number of hydrogen-bond acceptors (Lipinski definition) is 5. The molecule has 1 fully saturated rings. The molecule has 2 aliphatic heterocycles. The summed E-state index contributed by atoms with van der Waals surface area (Å²) in [5.74, 6) is 1.70. The van der Waals surface area contributed by atoms with E-state index in [2.05, 4.69) is 70.2 Å². The van der Waals surface area contributed by atoms with Crippen LogP contribution in [0.1, 0.15) is 19.7 Å². The Kier molecular flexibility index (Phi) is 5.39. The van der Waals surface area contributed by atoms with E-state index in [4.69, 9.17) is 4.98 Å². The highest BCUT2D eigenvalue weighted by Gasteiger charge is 2.33. The van der Waals surface area contributed by atoms with Gasteiger partial charge in [0.15, 0.2) is 0 Å². The molecule has 168 valence electrons. The number of likely N-dealkylation sites (N-methyl/N-ethyl adjacent to an activating group) is 1. The molecule has 1 saturated heterocycles. The van der Waals surface area contributed by atoms with Gasteiger partial charge in [0.25, 0.3) is 0 Å². The monoisotopic (exact) mass is 434 g/mol. The molecule has 7 heteroatoms. The number of nitrogens with zero attached hydrogens (tertiary/aromatic N) is 4. The first kappa shape index (κ1) is 21.0. The van der Waals surface area contributed by atoms with Crippen molar-refractivity contribution in [2.75, 3.05) is 50.0 Å². The van der Waals surface area contributed by atoms with E-state index in [9.17, 15) is 4.39 Å². The summed E-state index contributed by atoms with van der Waals surface area (Å²) in [6.45, 7) is 10.3. The highest BCUT2D eigenvalue weighted by atomic mass is 19.1. The van der Waals surface area contributed by atoms with Crippen molar-refractivity contribution in [2.45, 2.75) is 25.9 Å². The van der Waals surface area contributed by atoms with Gasteiger partial charge in [0.05, 0.1) is 5.54 Å². The molecule has 0 aliphatic carbocycles. The molecule has 2 N–H and O–H groups in total. The Hall–Kier alpha value is -2.90. The number of piperazine rings is 1. The molecule has 0 spiro atoms. The smallest absolute Gasteiger partial charge is 0.138 e. The fraction of sp³-hybridized carbons (Fsp3) is 0.400. The van der Waals surface area contributed by atoms with Crippen LogP contribution in [0.4, 0.5) is 21.6 Å². The Morgan fingerprint density at radius 2 is 1.62 bits per heavy atom. The van der Waals surface area contributed by atoms with E-state index in [1.807, 2.05) is 0 Å². The molecule has 2 aliphatic rings. The summed E-state index contributed by atoms with van der Waals surface area (Å²) in [4.78, 5) is 9.80. The molecule has 5 rings (SSSR count). The molecule has 3 aromatic rings. The summed E-state index contributed by atoms with van der Waals surface area (Å²) in [6, 6.07) is 15.2. The van der Waals surface area contributed by atoms with Gasteiger partial charge < -0.3 is 25.0 Å². The predicted molar refractivity (Wildman–Crippen MR) is 128 cm³/mol. The summed E-state index contributed by atoms with van der Waals surface area (Å²) >= 11 is 0. The molecular formula is C25H31FN6. The van der Waals surface area contributed by atoms with Gasteiger partial charge in [0, 0.05) is 56.2 Å². The van der Waals surface area contributed by atoms with Crippen LogP contribution in [0.5, 0.6) is 0 Å². The van der Waals surface area contributed by atoms with Gasteiger partial charge in [-0.3, -0.25) is 0 Å². The lowest BCUT2D eigenvalue weighted by Gasteiger charge is -2.34. The minimum atomic E-state index is -0.242. The number of imidazole rings is 1. The van der Waals surface area contributed by atoms with Gasteiger partial charge in [0.1, 0.15) is 23.2 Å². The van der Waals surface area contributed by atoms with Gasteiger partial charge in [-0.05, 0) is 69.4 Å². The fourth-order valence-electron chi connectivity index (χ4n) is 4.60. The lowest BCUT2D eigenvalue weighted by atomic mass is 10.0. The molecule has 0 bridgehead atoms. The van der Waals surface area contributed by atoms with Crippen molar-refractivity contribution in [1.82, 2.24) is 19.8 Å². The van der Waals surface area contributed by atoms with Crippen molar-refractivity contribution in [3.8, 4) is 11.3 Å². The SMILES string of the molecule is CN1CCN(c2ccc(Nc3c(-c4ccc(F)cc4)nc4n3CCNC4(C)C)cc2)CC1. The zero-order valence-corrected chi connectivity index (χ0v) is 19.0. The molecule has 2 aromatic carbocycles. The third-order valence-electron chi connectivity index (χ3n) is 6.55. The lowest BCUT2D eigenvalue weighted by molar-refractivity contribution is 0.313. The maximum atomic E-state index is 13.6. The quantitative estimate of drug-likeness (QED) is 0.650. The zero-order chi connectivity index (χ0) is 22.3. The second kappa shape index (κ2) is 8.22. The van der Waals surface area contributed by atoms with Crippen LogP contribution in [0.3, 0.4) is 0 Å². The largest absolute Gasteiger partial charge is 0.369 e. The van der Waals surface area contributed by atoms with Gasteiger partial charge in [-0.25, -0.2) is 9.37 Å². The van der Waals surface area contributed by atoms with Crippen molar-refractivity contribution in [1.29, 1.82) is 0 Å². The molecule has 0 amide bonds. The molecule has 0 atom stereocenters. The first-order chi connectivity index (χ1) is 15.4. The molecule has 6 nitrogen and oxygen atoms in total.